The van der Waals surface area contributed by atoms with Gasteiger partial charge in [-0.25, -0.2) is 4.79 Å². The first-order chi connectivity index (χ1) is 11.5. The van der Waals surface area contributed by atoms with Crippen LogP contribution in [0.5, 0.6) is 5.75 Å². The molecule has 0 saturated carbocycles. The molecular formula is C21H20O3. The minimum absolute atomic E-state index is 0.329. The van der Waals surface area contributed by atoms with Gasteiger partial charge in [-0.2, -0.15) is 0 Å². The molecule has 0 saturated heterocycles. The van der Waals surface area contributed by atoms with Crippen molar-refractivity contribution in [1.82, 2.24) is 0 Å². The maximum atomic E-state index is 12.2. The number of hydrogen-bond donors (Lipinski definition) is 0. The molecule has 0 bridgehead atoms. The molecule has 0 N–H and O–H groups in total. The van der Waals surface area contributed by atoms with Crippen LogP contribution < -0.4 is 4.74 Å². The average Bonchev–Trinajstić information content (AvgIpc) is 2.89. The van der Waals surface area contributed by atoms with Gasteiger partial charge in [0.15, 0.2) is 0 Å². The quantitative estimate of drug-likeness (QED) is 0.612. The fraction of sp³-hybridized carbons (Fsp3) is 0.190. The molecule has 1 aliphatic heterocycles. The SMILES string of the molecule is COc1cc(/C=C2\C=C(c3ccc(C)cc3C)OC2=O)ccc1C. The second-order valence-corrected chi connectivity index (χ2v) is 6.05. The van der Waals surface area contributed by atoms with E-state index in [-0.39, 0.29) is 5.97 Å². The normalized spacial score (nSPS) is 15.4. The highest BCUT2D eigenvalue weighted by atomic mass is 16.5. The molecule has 3 heteroatoms. The molecule has 0 spiro atoms. The Morgan fingerprint density at radius 3 is 2.50 bits per heavy atom. The first kappa shape index (κ1) is 16.1. The fourth-order valence-electron chi connectivity index (χ4n) is 2.82. The summed E-state index contributed by atoms with van der Waals surface area (Å²) in [5.41, 5.74) is 5.72. The number of rotatable bonds is 3. The number of carbonyl (C=O) groups excluding carboxylic acids is 1. The minimum atomic E-state index is -0.329. The van der Waals surface area contributed by atoms with Crippen LogP contribution in [0.25, 0.3) is 11.8 Å². The summed E-state index contributed by atoms with van der Waals surface area (Å²) in [5.74, 6) is 1.07. The zero-order valence-electron chi connectivity index (χ0n) is 14.3. The van der Waals surface area contributed by atoms with E-state index in [1.54, 1.807) is 13.2 Å². The second kappa shape index (κ2) is 6.36. The highest BCUT2D eigenvalue weighted by Crippen LogP contribution is 2.30. The van der Waals surface area contributed by atoms with E-state index in [1.165, 1.54) is 5.56 Å². The molecule has 1 aliphatic rings. The van der Waals surface area contributed by atoms with Crippen LogP contribution in [0, 0.1) is 20.8 Å². The van der Waals surface area contributed by atoms with Crippen LogP contribution in [-0.4, -0.2) is 13.1 Å². The molecule has 0 aliphatic carbocycles. The molecule has 0 radical (unpaired) electrons. The number of aryl methyl sites for hydroxylation is 3. The topological polar surface area (TPSA) is 35.5 Å². The van der Waals surface area contributed by atoms with Crippen LogP contribution in [-0.2, 0) is 9.53 Å². The molecule has 2 aromatic rings. The van der Waals surface area contributed by atoms with E-state index in [4.69, 9.17) is 9.47 Å². The Morgan fingerprint density at radius 2 is 1.79 bits per heavy atom. The lowest BCUT2D eigenvalue weighted by molar-refractivity contribution is -0.130. The van der Waals surface area contributed by atoms with Crippen molar-refractivity contribution in [3.05, 3.63) is 75.9 Å². The van der Waals surface area contributed by atoms with Crippen molar-refractivity contribution in [3.63, 3.8) is 0 Å². The lowest BCUT2D eigenvalue weighted by Crippen LogP contribution is -1.98. The molecule has 0 atom stereocenters. The van der Waals surface area contributed by atoms with Crippen molar-refractivity contribution < 1.29 is 14.3 Å². The Kier molecular flexibility index (Phi) is 4.26. The summed E-state index contributed by atoms with van der Waals surface area (Å²) in [4.78, 5) is 12.2. The molecule has 1 heterocycles. The molecule has 3 rings (SSSR count). The summed E-state index contributed by atoms with van der Waals surface area (Å²) in [6.45, 7) is 6.04. The summed E-state index contributed by atoms with van der Waals surface area (Å²) >= 11 is 0. The van der Waals surface area contributed by atoms with Crippen LogP contribution in [0.1, 0.15) is 27.8 Å². The Labute approximate surface area is 142 Å². The van der Waals surface area contributed by atoms with Crippen molar-refractivity contribution in [1.29, 1.82) is 0 Å². The molecule has 0 unspecified atom stereocenters. The number of ether oxygens (including phenoxy) is 2. The summed E-state index contributed by atoms with van der Waals surface area (Å²) in [5, 5.41) is 0. The van der Waals surface area contributed by atoms with Crippen LogP contribution in [0.4, 0.5) is 0 Å². The lowest BCUT2D eigenvalue weighted by atomic mass is 10.0. The van der Waals surface area contributed by atoms with Gasteiger partial charge in [0.25, 0.3) is 0 Å². The van der Waals surface area contributed by atoms with E-state index < -0.39 is 0 Å². The van der Waals surface area contributed by atoms with E-state index in [0.29, 0.717) is 11.3 Å². The molecule has 0 aromatic heterocycles. The number of carbonyl (C=O) groups is 1. The van der Waals surface area contributed by atoms with E-state index in [2.05, 4.69) is 6.07 Å². The van der Waals surface area contributed by atoms with Gasteiger partial charge in [0.2, 0.25) is 0 Å². The Bertz CT molecular complexity index is 873. The first-order valence-corrected chi connectivity index (χ1v) is 7.86. The van der Waals surface area contributed by atoms with Crippen molar-refractivity contribution >= 4 is 17.8 Å². The van der Waals surface area contributed by atoms with Gasteiger partial charge in [0, 0.05) is 5.56 Å². The fourth-order valence-corrected chi connectivity index (χ4v) is 2.82. The predicted octanol–water partition coefficient (Wildman–Crippen LogP) is 4.60. The van der Waals surface area contributed by atoms with Crippen molar-refractivity contribution in [3.8, 4) is 5.75 Å². The zero-order chi connectivity index (χ0) is 17.3. The molecule has 3 nitrogen and oxygen atoms in total. The number of esters is 1. The largest absolute Gasteiger partial charge is 0.496 e. The van der Waals surface area contributed by atoms with Crippen molar-refractivity contribution in [2.24, 2.45) is 0 Å². The van der Waals surface area contributed by atoms with Crippen molar-refractivity contribution in [2.45, 2.75) is 20.8 Å². The number of cyclic esters (lactones) is 1. The standard InChI is InChI=1S/C21H20O3/c1-13-5-8-18(15(3)9-13)20-12-17(21(22)24-20)10-16-7-6-14(2)19(11-16)23-4/h5-12H,1-4H3/b17-10+. The number of benzene rings is 2. The van der Waals surface area contributed by atoms with Crippen LogP contribution >= 0.6 is 0 Å². The van der Waals surface area contributed by atoms with Gasteiger partial charge in [-0.15, -0.1) is 0 Å². The zero-order valence-corrected chi connectivity index (χ0v) is 14.3. The van der Waals surface area contributed by atoms with Gasteiger partial charge in [0.1, 0.15) is 11.5 Å². The molecule has 122 valence electrons. The van der Waals surface area contributed by atoms with Crippen molar-refractivity contribution in [2.75, 3.05) is 7.11 Å². The summed E-state index contributed by atoms with van der Waals surface area (Å²) in [7, 11) is 1.64. The number of methoxy groups -OCH3 is 1. The summed E-state index contributed by atoms with van der Waals surface area (Å²) in [6, 6.07) is 11.9. The number of hydrogen-bond acceptors (Lipinski definition) is 3. The maximum absolute atomic E-state index is 12.2. The van der Waals surface area contributed by atoms with Gasteiger partial charge in [-0.05, 0) is 55.7 Å². The van der Waals surface area contributed by atoms with Gasteiger partial charge < -0.3 is 9.47 Å². The van der Waals surface area contributed by atoms with E-state index >= 15 is 0 Å². The molecule has 2 aromatic carbocycles. The monoisotopic (exact) mass is 320 g/mol. The van der Waals surface area contributed by atoms with Crippen LogP contribution in [0.15, 0.2) is 48.0 Å². The average molecular weight is 320 g/mol. The summed E-state index contributed by atoms with van der Waals surface area (Å²) in [6.07, 6.45) is 3.62. The third kappa shape index (κ3) is 3.11. The summed E-state index contributed by atoms with van der Waals surface area (Å²) < 4.78 is 10.8. The molecule has 0 amide bonds. The molecular weight excluding hydrogens is 300 g/mol. The smallest absolute Gasteiger partial charge is 0.343 e. The maximum Gasteiger partial charge on any atom is 0.343 e. The third-order valence-electron chi connectivity index (χ3n) is 4.13. The Balaban J connectivity index is 1.97. The second-order valence-electron chi connectivity index (χ2n) is 6.05. The Hall–Kier alpha value is -2.81. The molecule has 0 fully saturated rings. The highest BCUT2D eigenvalue weighted by Gasteiger charge is 2.23. The van der Waals surface area contributed by atoms with Gasteiger partial charge in [-0.1, -0.05) is 35.9 Å². The predicted molar refractivity (Wildman–Crippen MR) is 95.7 cm³/mol. The van der Waals surface area contributed by atoms with Crippen LogP contribution in [0.2, 0.25) is 0 Å². The highest BCUT2D eigenvalue weighted by molar-refractivity contribution is 6.05. The first-order valence-electron chi connectivity index (χ1n) is 7.86. The minimum Gasteiger partial charge on any atom is -0.496 e. The lowest BCUT2D eigenvalue weighted by Gasteiger charge is -2.06. The van der Waals surface area contributed by atoms with E-state index in [1.807, 2.05) is 57.2 Å². The third-order valence-corrected chi connectivity index (χ3v) is 4.13. The molecule has 24 heavy (non-hydrogen) atoms. The van der Waals surface area contributed by atoms with Gasteiger partial charge >= 0.3 is 5.97 Å². The van der Waals surface area contributed by atoms with E-state index in [9.17, 15) is 4.79 Å². The Morgan fingerprint density at radius 1 is 1.00 bits per heavy atom. The van der Waals surface area contributed by atoms with Gasteiger partial charge in [0.05, 0.1) is 12.7 Å². The van der Waals surface area contributed by atoms with Crippen LogP contribution in [0.3, 0.4) is 0 Å². The van der Waals surface area contributed by atoms with E-state index in [0.717, 1.165) is 28.0 Å². The van der Waals surface area contributed by atoms with Gasteiger partial charge in [-0.3, -0.25) is 0 Å².